The van der Waals surface area contributed by atoms with E-state index < -0.39 is 0 Å². The Morgan fingerprint density at radius 2 is 2.00 bits per heavy atom. The Labute approximate surface area is 169 Å². The maximum atomic E-state index is 12.9. The number of anilines is 3. The molecule has 0 unspecified atom stereocenters. The van der Waals surface area contributed by atoms with Gasteiger partial charge >= 0.3 is 0 Å². The van der Waals surface area contributed by atoms with E-state index in [2.05, 4.69) is 20.3 Å². The van der Waals surface area contributed by atoms with Crippen molar-refractivity contribution in [3.8, 4) is 0 Å². The normalized spacial score (nSPS) is 18.7. The number of rotatable bonds is 5. The Morgan fingerprint density at radius 1 is 1.29 bits per heavy atom. The summed E-state index contributed by atoms with van der Waals surface area (Å²) in [4.78, 5) is 19.7. The molecule has 0 spiro atoms. The number of amides is 1. The highest BCUT2D eigenvalue weighted by Crippen LogP contribution is 2.38. The number of nitrogens with two attached hydrogens (primary N) is 2. The van der Waals surface area contributed by atoms with Crippen LogP contribution in [-0.2, 0) is 7.05 Å². The van der Waals surface area contributed by atoms with E-state index in [1.54, 1.807) is 6.20 Å². The molecule has 8 nitrogen and oxygen atoms in total. The van der Waals surface area contributed by atoms with Crippen LogP contribution < -0.4 is 21.7 Å². The van der Waals surface area contributed by atoms with Crippen LogP contribution in [-0.4, -0.2) is 40.3 Å². The summed E-state index contributed by atoms with van der Waals surface area (Å²) >= 11 is 1.45. The van der Waals surface area contributed by atoms with E-state index in [1.165, 1.54) is 24.2 Å². The van der Waals surface area contributed by atoms with E-state index in [1.807, 2.05) is 11.7 Å². The van der Waals surface area contributed by atoms with E-state index >= 15 is 0 Å². The number of nitrogens with zero attached hydrogens (tertiary/aromatic N) is 4. The average Bonchev–Trinajstić information content (AvgIpc) is 3.42. The van der Waals surface area contributed by atoms with Crippen molar-refractivity contribution in [3.63, 3.8) is 0 Å². The second kappa shape index (κ2) is 8.08. The summed E-state index contributed by atoms with van der Waals surface area (Å²) in [6.07, 6.45) is 8.54. The molecule has 152 valence electrons. The molecule has 1 saturated heterocycles. The predicted octanol–water partition coefficient (Wildman–Crippen LogP) is 2.54. The second-order valence-corrected chi connectivity index (χ2v) is 8.93. The van der Waals surface area contributed by atoms with Crippen LogP contribution in [0, 0.1) is 5.92 Å². The molecule has 0 atom stereocenters. The molecule has 1 aliphatic heterocycles. The Bertz CT molecular complexity index is 831. The van der Waals surface area contributed by atoms with Gasteiger partial charge in [-0.15, -0.1) is 11.3 Å². The molecule has 1 amide bonds. The maximum absolute atomic E-state index is 12.9. The molecule has 4 rings (SSSR count). The van der Waals surface area contributed by atoms with E-state index in [9.17, 15) is 4.79 Å². The van der Waals surface area contributed by atoms with Gasteiger partial charge in [-0.05, 0) is 38.1 Å². The summed E-state index contributed by atoms with van der Waals surface area (Å²) in [6, 6.07) is 0. The summed E-state index contributed by atoms with van der Waals surface area (Å²) < 4.78 is 1.81. The molecule has 0 bridgehead atoms. The molecule has 2 aromatic heterocycles. The third kappa shape index (κ3) is 3.73. The molecule has 9 heteroatoms. The summed E-state index contributed by atoms with van der Waals surface area (Å²) in [5.41, 5.74) is 13.0. The number of aryl methyl sites for hydroxylation is 1. The second-order valence-electron chi connectivity index (χ2n) is 7.87. The quantitative estimate of drug-likeness (QED) is 0.707. The van der Waals surface area contributed by atoms with Gasteiger partial charge in [0, 0.05) is 26.1 Å². The summed E-state index contributed by atoms with van der Waals surface area (Å²) in [6.45, 7) is 2.55. The molecule has 1 aliphatic carbocycles. The highest BCUT2D eigenvalue weighted by atomic mass is 32.1. The lowest BCUT2D eigenvalue weighted by molar-refractivity contribution is 0.102. The first kappa shape index (κ1) is 19.2. The molecule has 3 heterocycles. The minimum atomic E-state index is -0.260. The molecule has 5 N–H and O–H groups in total. The number of carbonyl (C=O) groups is 1. The van der Waals surface area contributed by atoms with Crippen molar-refractivity contribution in [2.75, 3.05) is 35.6 Å². The number of nitrogens with one attached hydrogen (secondary N) is 1. The van der Waals surface area contributed by atoms with Crippen molar-refractivity contribution in [1.82, 2.24) is 14.8 Å². The van der Waals surface area contributed by atoms with E-state index in [0.29, 0.717) is 28.2 Å². The first-order valence-corrected chi connectivity index (χ1v) is 10.9. The number of nitrogen functional groups attached to an aromatic ring is 1. The van der Waals surface area contributed by atoms with E-state index in [-0.39, 0.29) is 5.91 Å². The fourth-order valence-electron chi connectivity index (χ4n) is 4.32. The summed E-state index contributed by atoms with van der Waals surface area (Å²) in [5, 5.41) is 8.84. The minimum absolute atomic E-state index is 0.260. The van der Waals surface area contributed by atoms with Gasteiger partial charge in [0.25, 0.3) is 5.91 Å². The number of carbonyl (C=O) groups excluding carboxylic acids is 1. The van der Waals surface area contributed by atoms with Crippen molar-refractivity contribution in [3.05, 3.63) is 16.9 Å². The maximum Gasteiger partial charge on any atom is 0.277 e. The number of thiazole rings is 1. The third-order valence-corrected chi connectivity index (χ3v) is 7.04. The van der Waals surface area contributed by atoms with Crippen LogP contribution >= 0.6 is 11.3 Å². The SMILES string of the molecule is Cn1ncc(NC(=O)c2nc(C3CCCC3)sc2N)c1N1CCC(CN)CC1. The molecule has 2 aromatic rings. The van der Waals surface area contributed by atoms with Gasteiger partial charge < -0.3 is 21.7 Å². The summed E-state index contributed by atoms with van der Waals surface area (Å²) in [7, 11) is 1.90. The summed E-state index contributed by atoms with van der Waals surface area (Å²) in [5.74, 6) is 1.69. The molecule has 28 heavy (non-hydrogen) atoms. The molecule has 2 aliphatic rings. The Balaban J connectivity index is 1.50. The number of aromatic nitrogens is 3. The highest BCUT2D eigenvalue weighted by Gasteiger charge is 2.27. The van der Waals surface area contributed by atoms with Crippen molar-refractivity contribution in [1.29, 1.82) is 0 Å². The zero-order valence-corrected chi connectivity index (χ0v) is 17.2. The molecule has 0 aromatic carbocycles. The van der Waals surface area contributed by atoms with Gasteiger partial charge in [-0.1, -0.05) is 12.8 Å². The zero-order valence-electron chi connectivity index (χ0n) is 16.4. The van der Waals surface area contributed by atoms with Gasteiger partial charge in [-0.3, -0.25) is 9.48 Å². The van der Waals surface area contributed by atoms with E-state index in [0.717, 1.165) is 56.1 Å². The number of hydrogen-bond donors (Lipinski definition) is 3. The van der Waals surface area contributed by atoms with Crippen LogP contribution in [0.3, 0.4) is 0 Å². The van der Waals surface area contributed by atoms with Gasteiger partial charge in [0.15, 0.2) is 11.5 Å². The van der Waals surface area contributed by atoms with Gasteiger partial charge in [0.2, 0.25) is 0 Å². The third-order valence-electron chi connectivity index (χ3n) is 5.99. The first-order valence-electron chi connectivity index (χ1n) is 10.1. The van der Waals surface area contributed by atoms with Crippen molar-refractivity contribution in [2.45, 2.75) is 44.4 Å². The van der Waals surface area contributed by atoms with Gasteiger partial charge in [0.1, 0.15) is 10.7 Å². The van der Waals surface area contributed by atoms with Crippen LogP contribution in [0.25, 0.3) is 0 Å². The predicted molar refractivity (Wildman–Crippen MR) is 113 cm³/mol. The van der Waals surface area contributed by atoms with E-state index in [4.69, 9.17) is 11.5 Å². The molecular formula is C19H29N7OS. The first-order chi connectivity index (χ1) is 13.6. The molecule has 0 radical (unpaired) electrons. The van der Waals surface area contributed by atoms with Crippen molar-refractivity contribution < 1.29 is 4.79 Å². The average molecular weight is 404 g/mol. The number of piperidine rings is 1. The van der Waals surface area contributed by atoms with Crippen molar-refractivity contribution in [2.24, 2.45) is 18.7 Å². The monoisotopic (exact) mass is 403 g/mol. The lowest BCUT2D eigenvalue weighted by Crippen LogP contribution is -2.37. The Hall–Kier alpha value is -2.13. The smallest absolute Gasteiger partial charge is 0.277 e. The van der Waals surface area contributed by atoms with Crippen molar-refractivity contribution >= 4 is 33.8 Å². The molecule has 2 fully saturated rings. The van der Waals surface area contributed by atoms with Gasteiger partial charge in [0.05, 0.1) is 11.2 Å². The Kier molecular flexibility index (Phi) is 5.54. The topological polar surface area (TPSA) is 115 Å². The van der Waals surface area contributed by atoms with Crippen LogP contribution in [0.2, 0.25) is 0 Å². The molecular weight excluding hydrogens is 374 g/mol. The molecule has 1 saturated carbocycles. The van der Waals surface area contributed by atoms with Crippen LogP contribution in [0.1, 0.15) is 59.9 Å². The lowest BCUT2D eigenvalue weighted by Gasteiger charge is -2.33. The van der Waals surface area contributed by atoms with Gasteiger partial charge in [-0.25, -0.2) is 4.98 Å². The largest absolute Gasteiger partial charge is 0.389 e. The fourth-order valence-corrected chi connectivity index (χ4v) is 5.32. The minimum Gasteiger partial charge on any atom is -0.389 e. The highest BCUT2D eigenvalue weighted by molar-refractivity contribution is 7.16. The standard InChI is InChI=1S/C19H29N7OS/c1-25-19(26-8-6-12(10-20)7-9-26)14(11-22-25)23-17(27)15-16(21)28-18(24-15)13-4-2-3-5-13/h11-13H,2-10,20-21H2,1H3,(H,23,27). The lowest BCUT2D eigenvalue weighted by atomic mass is 9.97. The number of hydrogen-bond acceptors (Lipinski definition) is 7. The van der Waals surface area contributed by atoms with Crippen LogP contribution in [0.15, 0.2) is 6.20 Å². The van der Waals surface area contributed by atoms with Gasteiger partial charge in [-0.2, -0.15) is 5.10 Å². The van der Waals surface area contributed by atoms with Crippen LogP contribution in [0.4, 0.5) is 16.5 Å². The fraction of sp³-hybridized carbons (Fsp3) is 0.632. The Morgan fingerprint density at radius 3 is 2.68 bits per heavy atom. The zero-order chi connectivity index (χ0) is 19.7. The van der Waals surface area contributed by atoms with Crippen LogP contribution in [0.5, 0.6) is 0 Å².